The third-order valence-electron chi connectivity index (χ3n) is 3.07. The molecule has 2 rings (SSSR count). The molecule has 0 N–H and O–H groups in total. The van der Waals surface area contributed by atoms with Crippen molar-refractivity contribution in [3.63, 3.8) is 0 Å². The van der Waals surface area contributed by atoms with Crippen molar-refractivity contribution in [3.8, 4) is 5.75 Å². The average Bonchev–Trinajstić information content (AvgIpc) is 2.27. The molecule has 0 aliphatic carbocycles. The fourth-order valence-electron chi connectivity index (χ4n) is 1.73. The van der Waals surface area contributed by atoms with Gasteiger partial charge in [-0.25, -0.2) is 0 Å². The summed E-state index contributed by atoms with van der Waals surface area (Å²) in [5.74, 6) is 0.355. The second-order valence-corrected chi connectivity index (χ2v) is 12.1. The van der Waals surface area contributed by atoms with E-state index in [1.807, 2.05) is 38.6 Å². The number of halogens is 2. The van der Waals surface area contributed by atoms with Crippen molar-refractivity contribution in [3.05, 3.63) is 23.8 Å². The maximum absolute atomic E-state index is 6.21. The van der Waals surface area contributed by atoms with E-state index in [0.29, 0.717) is 6.61 Å². The Morgan fingerprint density at radius 2 is 2.12 bits per heavy atom. The molecular weight excluding hydrogens is 275 g/mol. The first-order valence-corrected chi connectivity index (χ1v) is 10.2. The zero-order valence-electron chi connectivity index (χ0n) is 10.2. The van der Waals surface area contributed by atoms with Crippen LogP contribution in [0.15, 0.2) is 18.2 Å². The Hall–Kier alpha value is -0.223. The van der Waals surface area contributed by atoms with Crippen molar-refractivity contribution in [2.24, 2.45) is 0 Å². The lowest BCUT2D eigenvalue weighted by Gasteiger charge is -2.35. The number of rotatable bonds is 2. The highest BCUT2D eigenvalue weighted by molar-refractivity contribution is 7.50. The summed E-state index contributed by atoms with van der Waals surface area (Å²) in [7, 11) is 0. The number of ether oxygens (including phenoxy) is 2. The number of hydrogen-bond acceptors (Lipinski definition) is 2. The second-order valence-electron chi connectivity index (χ2n) is 4.59. The van der Waals surface area contributed by atoms with E-state index in [1.165, 1.54) is 0 Å². The Balaban J connectivity index is 2.32. The molecule has 1 unspecified atom stereocenters. The lowest BCUT2D eigenvalue weighted by molar-refractivity contribution is -0.194. The molecular formula is C12H16Cl2O2Si. The smallest absolute Gasteiger partial charge is 0.277 e. The molecule has 0 spiro atoms. The lowest BCUT2D eigenvalue weighted by Crippen LogP contribution is -2.39. The van der Waals surface area contributed by atoms with E-state index in [4.69, 9.17) is 31.6 Å². The van der Waals surface area contributed by atoms with Crippen LogP contribution in [-0.2, 0) is 11.3 Å². The molecule has 0 saturated carbocycles. The summed E-state index contributed by atoms with van der Waals surface area (Å²) in [6, 6.07) is 5.89. The summed E-state index contributed by atoms with van der Waals surface area (Å²) in [5.41, 5.74) is 1.02. The number of benzene rings is 1. The van der Waals surface area contributed by atoms with Gasteiger partial charge in [-0.15, -0.1) is 22.2 Å². The van der Waals surface area contributed by atoms with Crippen LogP contribution in [0.2, 0.25) is 6.55 Å². The van der Waals surface area contributed by atoms with Crippen LogP contribution in [0.3, 0.4) is 0 Å². The van der Waals surface area contributed by atoms with Gasteiger partial charge in [0.25, 0.3) is 6.69 Å². The maximum atomic E-state index is 6.21. The lowest BCUT2D eigenvalue weighted by atomic mass is 10.1. The van der Waals surface area contributed by atoms with Crippen LogP contribution in [0.4, 0.5) is 0 Å². The molecule has 1 atom stereocenters. The highest BCUT2D eigenvalue weighted by Gasteiger charge is 2.32. The number of fused-ring (bicyclic) bond motifs is 1. The summed E-state index contributed by atoms with van der Waals surface area (Å²) in [6.45, 7) is 4.12. The minimum atomic E-state index is -2.30. The SMILES string of the molecule is CCC1(C)OCc2cc([Si](C)(Cl)Cl)ccc2O1. The first-order chi connectivity index (χ1) is 7.84. The first-order valence-electron chi connectivity index (χ1n) is 5.68. The zero-order valence-corrected chi connectivity index (χ0v) is 12.7. The fraction of sp³-hybridized carbons (Fsp3) is 0.500. The van der Waals surface area contributed by atoms with Gasteiger partial charge in [0.15, 0.2) is 0 Å². The van der Waals surface area contributed by atoms with Crippen molar-refractivity contribution < 1.29 is 9.47 Å². The summed E-state index contributed by atoms with van der Waals surface area (Å²) < 4.78 is 11.6. The van der Waals surface area contributed by atoms with Gasteiger partial charge in [0.2, 0.25) is 5.79 Å². The summed E-state index contributed by atoms with van der Waals surface area (Å²) in [6.07, 6.45) is 0.811. The fourth-order valence-corrected chi connectivity index (χ4v) is 3.24. The summed E-state index contributed by atoms with van der Waals surface area (Å²) in [4.78, 5) is 0. The van der Waals surface area contributed by atoms with Crippen LogP contribution < -0.4 is 9.92 Å². The predicted octanol–water partition coefficient (Wildman–Crippen LogP) is 3.48. The van der Waals surface area contributed by atoms with Crippen LogP contribution in [0.1, 0.15) is 25.8 Å². The molecule has 1 aromatic carbocycles. The van der Waals surface area contributed by atoms with E-state index in [1.54, 1.807) is 0 Å². The molecule has 1 aliphatic rings. The van der Waals surface area contributed by atoms with E-state index in [-0.39, 0.29) is 0 Å². The molecule has 5 heteroatoms. The van der Waals surface area contributed by atoms with Crippen molar-refractivity contribution in [1.29, 1.82) is 0 Å². The van der Waals surface area contributed by atoms with Gasteiger partial charge in [-0.2, -0.15) is 0 Å². The Bertz CT molecular complexity index is 431. The molecule has 1 aromatic rings. The summed E-state index contributed by atoms with van der Waals surface area (Å²) >= 11 is 12.4. The third kappa shape index (κ3) is 2.79. The van der Waals surface area contributed by atoms with Crippen LogP contribution in [0.5, 0.6) is 5.75 Å². The standard InChI is InChI=1S/C12H16Cl2O2Si/c1-4-12(2)15-8-9-7-10(17(3,13)14)5-6-11(9)16-12/h5-7H,4,8H2,1-3H3. The third-order valence-corrected chi connectivity index (χ3v) is 5.70. The molecule has 1 aliphatic heterocycles. The molecule has 0 amide bonds. The van der Waals surface area contributed by atoms with Crippen LogP contribution in [0, 0.1) is 0 Å². The highest BCUT2D eigenvalue weighted by atomic mass is 35.7. The summed E-state index contributed by atoms with van der Waals surface area (Å²) in [5, 5.41) is 0.992. The monoisotopic (exact) mass is 290 g/mol. The van der Waals surface area contributed by atoms with Gasteiger partial charge in [-0.3, -0.25) is 0 Å². The first kappa shape index (κ1) is 13.2. The average molecular weight is 291 g/mol. The van der Waals surface area contributed by atoms with Gasteiger partial charge in [0, 0.05) is 18.9 Å². The van der Waals surface area contributed by atoms with Gasteiger partial charge >= 0.3 is 0 Å². The van der Waals surface area contributed by atoms with Crippen molar-refractivity contribution in [1.82, 2.24) is 0 Å². The largest absolute Gasteiger partial charge is 0.462 e. The van der Waals surface area contributed by atoms with E-state index in [9.17, 15) is 0 Å². The molecule has 1 heterocycles. The highest BCUT2D eigenvalue weighted by Crippen LogP contribution is 2.33. The Morgan fingerprint density at radius 3 is 2.71 bits per heavy atom. The topological polar surface area (TPSA) is 18.5 Å². The van der Waals surface area contributed by atoms with E-state index >= 15 is 0 Å². The van der Waals surface area contributed by atoms with Gasteiger partial charge in [0.1, 0.15) is 5.75 Å². The predicted molar refractivity (Wildman–Crippen MR) is 73.5 cm³/mol. The maximum Gasteiger partial charge on any atom is 0.277 e. The molecule has 2 nitrogen and oxygen atoms in total. The van der Waals surface area contributed by atoms with Gasteiger partial charge in [-0.1, -0.05) is 19.1 Å². The van der Waals surface area contributed by atoms with Crippen molar-refractivity contribution in [2.75, 3.05) is 0 Å². The Morgan fingerprint density at radius 1 is 1.41 bits per heavy atom. The van der Waals surface area contributed by atoms with Crippen molar-refractivity contribution >= 4 is 34.0 Å². The van der Waals surface area contributed by atoms with E-state index in [2.05, 4.69) is 0 Å². The van der Waals surface area contributed by atoms with Crippen LogP contribution >= 0.6 is 22.2 Å². The number of hydrogen-bond donors (Lipinski definition) is 0. The Labute approximate surface area is 112 Å². The molecule has 0 aromatic heterocycles. The molecule has 94 valence electrons. The molecule has 0 bridgehead atoms. The van der Waals surface area contributed by atoms with E-state index < -0.39 is 12.5 Å². The van der Waals surface area contributed by atoms with Crippen LogP contribution in [0.25, 0.3) is 0 Å². The van der Waals surface area contributed by atoms with Gasteiger partial charge < -0.3 is 9.47 Å². The molecule has 0 saturated heterocycles. The molecule has 17 heavy (non-hydrogen) atoms. The molecule has 0 radical (unpaired) electrons. The van der Waals surface area contributed by atoms with Gasteiger partial charge in [-0.05, 0) is 17.8 Å². The second kappa shape index (κ2) is 4.46. The normalized spacial score (nSPS) is 24.1. The Kier molecular flexibility index (Phi) is 3.47. The van der Waals surface area contributed by atoms with E-state index in [0.717, 1.165) is 22.9 Å². The molecule has 0 fully saturated rings. The minimum absolute atomic E-state index is 0.517. The zero-order chi connectivity index (χ0) is 12.7. The van der Waals surface area contributed by atoms with Crippen LogP contribution in [-0.4, -0.2) is 12.5 Å². The minimum Gasteiger partial charge on any atom is -0.462 e. The van der Waals surface area contributed by atoms with Gasteiger partial charge in [0.05, 0.1) is 6.61 Å². The quantitative estimate of drug-likeness (QED) is 0.613. The van der Waals surface area contributed by atoms with Crippen molar-refractivity contribution in [2.45, 2.75) is 39.2 Å².